The predicted octanol–water partition coefficient (Wildman–Crippen LogP) is 20.2. The zero-order chi connectivity index (χ0) is 71.7. The minimum absolute atomic E-state index is 0. The fraction of sp³-hybridized carbons (Fsp3) is 0.282. The van der Waals surface area contributed by atoms with Crippen LogP contribution in [0.25, 0.3) is 0 Å². The van der Waals surface area contributed by atoms with E-state index in [9.17, 15) is 0 Å². The predicted molar refractivity (Wildman–Crippen MR) is 426 cm³/mol. The maximum absolute atomic E-state index is 8.12. The summed E-state index contributed by atoms with van der Waals surface area (Å²) in [4.78, 5) is 55.6. The zero-order valence-electron chi connectivity index (χ0n) is 61.7. The van der Waals surface area contributed by atoms with Crippen molar-refractivity contribution >= 4 is 92.5 Å². The molecule has 12 heteroatoms. The summed E-state index contributed by atoms with van der Waals surface area (Å²) in [7, 11) is 6.41. The van der Waals surface area contributed by atoms with Crippen molar-refractivity contribution in [3.8, 4) is 24.2 Å². The number of hydrogen-bond acceptors (Lipinski definition) is 9. The number of fused-ring (bicyclic) bond motifs is 6. The molecule has 97 heavy (non-hydrogen) atoms. The molecule has 0 aromatic heterocycles. The molecule has 3 aliphatic rings. The first-order valence-electron chi connectivity index (χ1n) is 32.2. The van der Waals surface area contributed by atoms with Gasteiger partial charge in [-0.25, -0.2) is 0 Å². The molecule has 0 spiro atoms. The molecule has 516 valence electrons. The normalized spacial score (nSPS) is 9.07. The summed E-state index contributed by atoms with van der Waals surface area (Å²) < 4.78 is 0. The maximum Gasteiger partial charge on any atom is 1.00 e. The molecule has 9 aromatic rings. The van der Waals surface area contributed by atoms with E-state index < -0.39 is 0 Å². The van der Waals surface area contributed by atoms with Gasteiger partial charge in [-0.05, 0) is 119 Å². The van der Waals surface area contributed by atoms with E-state index in [0.29, 0.717) is 0 Å². The molecule has 0 radical (unpaired) electrons. The van der Waals surface area contributed by atoms with E-state index in [1.54, 1.807) is 0 Å². The Bertz CT molecular complexity index is 3130. The first-order chi connectivity index (χ1) is 46.1. The summed E-state index contributed by atoms with van der Waals surface area (Å²) in [5, 5.41) is 0. The number of anilines is 6. The number of aryl methyl sites for hydroxylation is 1. The Labute approximate surface area is 656 Å². The standard InChI is InChI=1S/3C14H13N.C9H12.C9H8.C8H6.6C2H6.CH3Br.3CO2.CH4.HI.K.H/c3*1-15-13-8-4-2-6-11(13)10-12-7-3-5-9-14(12)15;2*1-2-6-9-7-4-3-5-8-9;1-2-8-6-4-3-5-7-8;7*1-2;3*2-1-3;;;;/h3*2-9H,10H2,1H3;3-5,7-8H,2,6H2,1H3;3-5,7-8H,1H3;1,3-7H;6*1-2H3;1H3;;;;1H4;1H;;/q;;;;;;;;;;;;;;;;;;+1;-1. The van der Waals surface area contributed by atoms with Crippen LogP contribution < -0.4 is 66.1 Å². The van der Waals surface area contributed by atoms with Crippen molar-refractivity contribution in [3.05, 3.63) is 287 Å². The Kier molecular flexibility index (Phi) is 77.2. The van der Waals surface area contributed by atoms with Gasteiger partial charge in [0, 0.05) is 85.7 Å². The van der Waals surface area contributed by atoms with Crippen LogP contribution in [-0.4, -0.2) is 45.4 Å². The molecule has 9 nitrogen and oxygen atoms in total. The molecule has 3 aliphatic heterocycles. The van der Waals surface area contributed by atoms with E-state index in [0.717, 1.165) is 30.4 Å². The molecular weight excluding hydrogens is 1400 g/mol. The molecule has 0 atom stereocenters. The Morgan fingerprint density at radius 3 is 0.732 bits per heavy atom. The summed E-state index contributed by atoms with van der Waals surface area (Å²) in [6.07, 6.45) is 11.5. The maximum atomic E-state index is 8.12. The number of carbonyl (C=O) groups excluding carboxylic acids is 6. The zero-order valence-corrected chi connectivity index (χ0v) is 67.7. The van der Waals surface area contributed by atoms with Crippen molar-refractivity contribution in [1.82, 2.24) is 0 Å². The molecule has 0 unspecified atom stereocenters. The van der Waals surface area contributed by atoms with Crippen LogP contribution in [0.15, 0.2) is 237 Å². The van der Waals surface area contributed by atoms with Crippen LogP contribution in [0, 0.1) is 24.2 Å². The van der Waals surface area contributed by atoms with Crippen molar-refractivity contribution in [2.45, 2.75) is 136 Å². The fourth-order valence-electron chi connectivity index (χ4n) is 9.06. The molecule has 0 N–H and O–H groups in total. The van der Waals surface area contributed by atoms with Crippen LogP contribution in [0.2, 0.25) is 0 Å². The molecule has 0 saturated carbocycles. The van der Waals surface area contributed by atoms with E-state index in [4.69, 9.17) is 35.2 Å². The average Bonchev–Trinajstić information content (AvgIpc) is 0.808. The molecule has 0 amide bonds. The van der Waals surface area contributed by atoms with Crippen LogP contribution in [0.1, 0.15) is 162 Å². The van der Waals surface area contributed by atoms with Crippen LogP contribution in [0.5, 0.6) is 0 Å². The minimum Gasteiger partial charge on any atom is -1.00 e. The van der Waals surface area contributed by atoms with E-state index >= 15 is 0 Å². The van der Waals surface area contributed by atoms with E-state index in [2.05, 4.69) is 252 Å². The Morgan fingerprint density at radius 1 is 0.361 bits per heavy atom. The van der Waals surface area contributed by atoms with Crippen molar-refractivity contribution in [3.63, 3.8) is 0 Å². The van der Waals surface area contributed by atoms with E-state index in [1.165, 1.54) is 85.9 Å². The number of rotatable bonds is 2. The van der Waals surface area contributed by atoms with Gasteiger partial charge >= 0.3 is 69.8 Å². The minimum atomic E-state index is 0. The first kappa shape index (κ1) is 103. The Hall–Kier alpha value is -7.51. The third-order valence-corrected chi connectivity index (χ3v) is 12.6. The van der Waals surface area contributed by atoms with Crippen LogP contribution >= 0.6 is 39.9 Å². The van der Waals surface area contributed by atoms with Gasteiger partial charge in [-0.1, -0.05) is 308 Å². The third-order valence-electron chi connectivity index (χ3n) is 12.6. The van der Waals surface area contributed by atoms with Crippen LogP contribution in [-0.2, 0) is 54.5 Å². The number of benzene rings is 9. The topological polar surface area (TPSA) is 112 Å². The van der Waals surface area contributed by atoms with Gasteiger partial charge in [0.15, 0.2) is 0 Å². The number of terminal acetylenes is 1. The van der Waals surface area contributed by atoms with E-state index in [1.807, 2.05) is 157 Å². The summed E-state index contributed by atoms with van der Waals surface area (Å²) in [5.41, 5.74) is 19.9. The number of nitrogens with zero attached hydrogens (tertiary/aromatic N) is 3. The third kappa shape index (κ3) is 41.4. The molecule has 0 bridgehead atoms. The quantitative estimate of drug-likeness (QED) is 0.0723. The van der Waals surface area contributed by atoms with Gasteiger partial charge in [0.2, 0.25) is 0 Å². The van der Waals surface area contributed by atoms with Crippen molar-refractivity contribution in [2.24, 2.45) is 0 Å². The largest absolute Gasteiger partial charge is 1.00 e. The van der Waals surface area contributed by atoms with Gasteiger partial charge in [-0.2, -0.15) is 28.8 Å². The fourth-order valence-corrected chi connectivity index (χ4v) is 9.06. The summed E-state index contributed by atoms with van der Waals surface area (Å²) in [5.74, 6) is 10.1. The molecule has 12 rings (SSSR count). The van der Waals surface area contributed by atoms with Gasteiger partial charge < -0.3 is 16.1 Å². The second-order valence-corrected chi connectivity index (χ2v) is 17.7. The van der Waals surface area contributed by atoms with Crippen molar-refractivity contribution in [1.29, 1.82) is 0 Å². The van der Waals surface area contributed by atoms with Gasteiger partial charge in [-0.3, -0.25) is 0 Å². The molecule has 3 heterocycles. The monoisotopic (exact) mass is 1510 g/mol. The molecular formula is C85H110BrIKN3O6. The van der Waals surface area contributed by atoms with Crippen LogP contribution in [0.4, 0.5) is 34.1 Å². The summed E-state index contributed by atoms with van der Waals surface area (Å²) in [6.45, 7) is 28.0. The number of hydrogen-bond donors (Lipinski definition) is 0. The summed E-state index contributed by atoms with van der Waals surface area (Å²) in [6, 6.07) is 81.8. The molecule has 0 fully saturated rings. The number of alkyl halides is 1. The Balaban J connectivity index is -0.000000156. The van der Waals surface area contributed by atoms with Gasteiger partial charge in [0.05, 0.1) is 0 Å². The Morgan fingerprint density at radius 2 is 0.546 bits per heavy atom. The molecule has 0 saturated heterocycles. The first-order valence-corrected chi connectivity index (χ1v) is 33.8. The van der Waals surface area contributed by atoms with Gasteiger partial charge in [0.1, 0.15) is 0 Å². The van der Waals surface area contributed by atoms with Crippen molar-refractivity contribution in [2.75, 3.05) is 41.7 Å². The second kappa shape index (κ2) is 72.7. The summed E-state index contributed by atoms with van der Waals surface area (Å²) >= 11 is 2.94. The van der Waals surface area contributed by atoms with Gasteiger partial charge in [0.25, 0.3) is 0 Å². The second-order valence-electron chi connectivity index (χ2n) is 17.7. The molecule has 0 aliphatic carbocycles. The number of para-hydroxylation sites is 6. The van der Waals surface area contributed by atoms with Gasteiger partial charge in [-0.15, -0.1) is 36.3 Å². The molecule has 9 aromatic carbocycles. The number of halogens is 2. The van der Waals surface area contributed by atoms with Crippen LogP contribution in [0.3, 0.4) is 0 Å². The SMILES string of the molecule is C.C#Cc1ccccc1.CBr.CC.CC.CC.CC.CC.CC.CC#Cc1ccccc1.CCCc1ccccc1.CN1c2ccccc2Cc2ccccc21.CN1c2ccccc2Cc2ccccc21.CN1c2ccccc2Cc2ccccc21.I.O=C=O.O=C=O.O=C=O.[H-].[K+]. The smallest absolute Gasteiger partial charge is 1.00 e. The van der Waals surface area contributed by atoms with Crippen molar-refractivity contribution < 1.29 is 81.6 Å². The average molecular weight is 1520 g/mol. The van der Waals surface area contributed by atoms with E-state index in [-0.39, 0.29) is 103 Å².